The lowest BCUT2D eigenvalue weighted by Crippen LogP contribution is -2.44. The van der Waals surface area contributed by atoms with E-state index >= 15 is 0 Å². The Kier molecular flexibility index (Phi) is 3.05. The van der Waals surface area contributed by atoms with Crippen molar-refractivity contribution in [1.29, 1.82) is 0 Å². The number of anilines is 1. The smallest absolute Gasteiger partial charge is 0.301 e. The number of rotatable bonds is 2. The van der Waals surface area contributed by atoms with Crippen molar-refractivity contribution in [2.45, 2.75) is 25.9 Å². The Morgan fingerprint density at radius 3 is 2.95 bits per heavy atom. The van der Waals surface area contributed by atoms with Gasteiger partial charge in [0.05, 0.1) is 11.7 Å². The summed E-state index contributed by atoms with van der Waals surface area (Å²) in [7, 11) is 0. The first-order chi connectivity index (χ1) is 9.22. The number of fused-ring (bicyclic) bond motifs is 1. The zero-order valence-corrected chi connectivity index (χ0v) is 10.6. The molecule has 0 bridgehead atoms. The lowest BCUT2D eigenvalue weighted by Gasteiger charge is -2.24. The minimum atomic E-state index is -0.248. The Labute approximate surface area is 111 Å². The van der Waals surface area contributed by atoms with Crippen LogP contribution in [0.4, 0.5) is 6.01 Å². The highest BCUT2D eigenvalue weighted by atomic mass is 16.4. The fraction of sp³-hybridized carbons (Fsp3) is 0.286. The van der Waals surface area contributed by atoms with E-state index in [4.69, 9.17) is 4.42 Å². The van der Waals surface area contributed by atoms with Gasteiger partial charge in [0.15, 0.2) is 0 Å². The van der Waals surface area contributed by atoms with Crippen LogP contribution in [-0.4, -0.2) is 16.9 Å². The standard InChI is InChI=1S/C14H15N3O2/c1-9-8-19-14(16-9)17-13(18)12-6-10-4-2-3-5-11(10)7-15-12/h2-5,8,12,15H,6-7H2,1H3,(H,16,17,18). The molecule has 0 spiro atoms. The minimum Gasteiger partial charge on any atom is -0.432 e. The van der Waals surface area contributed by atoms with Gasteiger partial charge in [0, 0.05) is 6.54 Å². The number of aryl methyl sites for hydroxylation is 1. The molecule has 2 heterocycles. The molecule has 1 amide bonds. The molecule has 3 rings (SSSR count). The summed E-state index contributed by atoms with van der Waals surface area (Å²) < 4.78 is 5.12. The van der Waals surface area contributed by atoms with Gasteiger partial charge >= 0.3 is 6.01 Å². The monoisotopic (exact) mass is 257 g/mol. The van der Waals surface area contributed by atoms with Crippen LogP contribution in [0, 0.1) is 6.92 Å². The number of nitrogens with one attached hydrogen (secondary N) is 2. The SMILES string of the molecule is Cc1coc(NC(=O)C2Cc3ccccc3CN2)n1. The summed E-state index contributed by atoms with van der Waals surface area (Å²) in [5.74, 6) is -0.114. The van der Waals surface area contributed by atoms with Crippen molar-refractivity contribution < 1.29 is 9.21 Å². The minimum absolute atomic E-state index is 0.114. The lowest BCUT2D eigenvalue weighted by atomic mass is 9.95. The number of hydrogen-bond donors (Lipinski definition) is 2. The lowest BCUT2D eigenvalue weighted by molar-refractivity contribution is -0.118. The van der Waals surface area contributed by atoms with Crippen molar-refractivity contribution in [3.8, 4) is 0 Å². The van der Waals surface area contributed by atoms with Gasteiger partial charge in [0.1, 0.15) is 6.26 Å². The van der Waals surface area contributed by atoms with Crippen molar-refractivity contribution in [3.05, 3.63) is 47.3 Å². The fourth-order valence-corrected chi connectivity index (χ4v) is 2.24. The molecule has 1 aliphatic rings. The van der Waals surface area contributed by atoms with Gasteiger partial charge in [0.2, 0.25) is 5.91 Å². The topological polar surface area (TPSA) is 67.2 Å². The van der Waals surface area contributed by atoms with Crippen LogP contribution in [0.2, 0.25) is 0 Å². The zero-order valence-electron chi connectivity index (χ0n) is 10.6. The summed E-state index contributed by atoms with van der Waals surface area (Å²) in [5, 5.41) is 5.90. The molecule has 5 nitrogen and oxygen atoms in total. The number of carbonyl (C=O) groups excluding carboxylic acids is 1. The van der Waals surface area contributed by atoms with Crippen LogP contribution >= 0.6 is 0 Å². The van der Waals surface area contributed by atoms with E-state index in [0.29, 0.717) is 13.0 Å². The molecule has 1 aromatic heterocycles. The maximum Gasteiger partial charge on any atom is 0.301 e. The first-order valence-electron chi connectivity index (χ1n) is 6.25. The molecule has 19 heavy (non-hydrogen) atoms. The highest BCUT2D eigenvalue weighted by molar-refractivity contribution is 5.93. The number of amides is 1. The highest BCUT2D eigenvalue weighted by Crippen LogP contribution is 2.17. The number of nitrogens with zero attached hydrogens (tertiary/aromatic N) is 1. The van der Waals surface area contributed by atoms with Gasteiger partial charge in [0.25, 0.3) is 0 Å². The molecule has 1 aliphatic heterocycles. The zero-order chi connectivity index (χ0) is 13.2. The molecule has 0 fully saturated rings. The Bertz CT molecular complexity index is 606. The molecule has 0 aliphatic carbocycles. The molecule has 1 aromatic carbocycles. The quantitative estimate of drug-likeness (QED) is 0.858. The number of aromatic nitrogens is 1. The predicted octanol–water partition coefficient (Wildman–Crippen LogP) is 1.64. The number of benzene rings is 1. The van der Waals surface area contributed by atoms with Crippen molar-refractivity contribution in [1.82, 2.24) is 10.3 Å². The Morgan fingerprint density at radius 2 is 2.21 bits per heavy atom. The largest absolute Gasteiger partial charge is 0.432 e. The number of carbonyl (C=O) groups is 1. The van der Waals surface area contributed by atoms with Crippen LogP contribution in [0.15, 0.2) is 34.9 Å². The van der Waals surface area contributed by atoms with Gasteiger partial charge in [-0.25, -0.2) is 0 Å². The van der Waals surface area contributed by atoms with Crippen molar-refractivity contribution in [2.24, 2.45) is 0 Å². The summed E-state index contributed by atoms with van der Waals surface area (Å²) in [5.41, 5.74) is 3.21. The Morgan fingerprint density at radius 1 is 1.42 bits per heavy atom. The summed E-state index contributed by atoms with van der Waals surface area (Å²) in [6.45, 7) is 2.52. The average molecular weight is 257 g/mol. The van der Waals surface area contributed by atoms with Crippen LogP contribution in [0.25, 0.3) is 0 Å². The maximum atomic E-state index is 12.1. The molecular formula is C14H15N3O2. The molecule has 1 atom stereocenters. The first-order valence-corrected chi connectivity index (χ1v) is 6.25. The van der Waals surface area contributed by atoms with E-state index in [-0.39, 0.29) is 18.0 Å². The third-order valence-corrected chi connectivity index (χ3v) is 3.25. The predicted molar refractivity (Wildman–Crippen MR) is 70.6 cm³/mol. The van der Waals surface area contributed by atoms with E-state index in [0.717, 1.165) is 5.69 Å². The van der Waals surface area contributed by atoms with Gasteiger partial charge in [-0.15, -0.1) is 0 Å². The Balaban J connectivity index is 1.69. The van der Waals surface area contributed by atoms with Crippen LogP contribution < -0.4 is 10.6 Å². The average Bonchev–Trinajstić information content (AvgIpc) is 2.83. The molecule has 2 N–H and O–H groups in total. The summed E-state index contributed by atoms with van der Waals surface area (Å²) in [6, 6.07) is 8.15. The molecule has 0 saturated carbocycles. The summed E-state index contributed by atoms with van der Waals surface area (Å²) >= 11 is 0. The highest BCUT2D eigenvalue weighted by Gasteiger charge is 2.24. The number of hydrogen-bond acceptors (Lipinski definition) is 4. The second-order valence-electron chi connectivity index (χ2n) is 4.69. The van der Waals surface area contributed by atoms with E-state index in [1.54, 1.807) is 0 Å². The van der Waals surface area contributed by atoms with Gasteiger partial charge in [-0.2, -0.15) is 4.98 Å². The fourth-order valence-electron chi connectivity index (χ4n) is 2.24. The molecular weight excluding hydrogens is 242 g/mol. The molecule has 1 unspecified atom stereocenters. The summed E-state index contributed by atoms with van der Waals surface area (Å²) in [6.07, 6.45) is 2.20. The third-order valence-electron chi connectivity index (χ3n) is 3.25. The molecule has 98 valence electrons. The maximum absolute atomic E-state index is 12.1. The van der Waals surface area contributed by atoms with Crippen molar-refractivity contribution in [3.63, 3.8) is 0 Å². The second kappa shape index (κ2) is 4.85. The van der Waals surface area contributed by atoms with Crippen LogP contribution in [-0.2, 0) is 17.8 Å². The van der Waals surface area contributed by atoms with Crippen molar-refractivity contribution >= 4 is 11.9 Å². The number of oxazole rings is 1. The molecule has 0 radical (unpaired) electrons. The van der Waals surface area contributed by atoms with Gasteiger partial charge in [-0.3, -0.25) is 10.1 Å². The van der Waals surface area contributed by atoms with Crippen LogP contribution in [0.5, 0.6) is 0 Å². The summed E-state index contributed by atoms with van der Waals surface area (Å²) in [4.78, 5) is 16.2. The van der Waals surface area contributed by atoms with Gasteiger partial charge in [-0.05, 0) is 24.5 Å². The van der Waals surface area contributed by atoms with Crippen LogP contribution in [0.3, 0.4) is 0 Å². The van der Waals surface area contributed by atoms with E-state index in [9.17, 15) is 4.79 Å². The third kappa shape index (κ3) is 2.51. The van der Waals surface area contributed by atoms with E-state index in [1.807, 2.05) is 19.1 Å². The van der Waals surface area contributed by atoms with E-state index < -0.39 is 0 Å². The normalized spacial score (nSPS) is 17.8. The van der Waals surface area contributed by atoms with Crippen molar-refractivity contribution in [2.75, 3.05) is 5.32 Å². The molecule has 0 saturated heterocycles. The Hall–Kier alpha value is -2.14. The van der Waals surface area contributed by atoms with Gasteiger partial charge in [-0.1, -0.05) is 24.3 Å². The molecule has 5 heteroatoms. The van der Waals surface area contributed by atoms with Crippen LogP contribution in [0.1, 0.15) is 16.8 Å². The van der Waals surface area contributed by atoms with Gasteiger partial charge < -0.3 is 9.73 Å². The molecule has 2 aromatic rings. The second-order valence-corrected chi connectivity index (χ2v) is 4.69. The van der Waals surface area contributed by atoms with E-state index in [1.165, 1.54) is 17.4 Å². The first kappa shape index (κ1) is 11.9. The van der Waals surface area contributed by atoms with E-state index in [2.05, 4.69) is 27.8 Å².